The number of pyridine rings is 1. The van der Waals surface area contributed by atoms with Crippen LogP contribution in [0.15, 0.2) is 30.5 Å². The van der Waals surface area contributed by atoms with Crippen molar-refractivity contribution in [2.75, 3.05) is 11.9 Å². The monoisotopic (exact) mass is 310 g/mol. The lowest BCUT2D eigenvalue weighted by molar-refractivity contribution is -0.383. The van der Waals surface area contributed by atoms with Crippen molar-refractivity contribution < 1.29 is 9.66 Å². The van der Waals surface area contributed by atoms with Gasteiger partial charge in [-0.1, -0.05) is 15.9 Å². The number of rotatable bonds is 5. The second kappa shape index (κ2) is 5.77. The Hall–Kier alpha value is -1.69. The minimum absolute atomic E-state index is 0.0472. The number of benzene rings is 1. The van der Waals surface area contributed by atoms with E-state index < -0.39 is 4.92 Å². The van der Waals surface area contributed by atoms with Crippen LogP contribution in [0, 0.1) is 10.1 Å². The van der Waals surface area contributed by atoms with Gasteiger partial charge in [-0.2, -0.15) is 0 Å². The molecule has 0 radical (unpaired) electrons. The number of alkyl halides is 1. The minimum atomic E-state index is -0.410. The van der Waals surface area contributed by atoms with Crippen molar-refractivity contribution in [2.24, 2.45) is 0 Å². The number of nitro groups is 1. The third kappa shape index (κ3) is 2.59. The molecule has 0 saturated carbocycles. The molecule has 0 aliphatic heterocycles. The van der Waals surface area contributed by atoms with E-state index in [0.717, 1.165) is 11.8 Å². The highest BCUT2D eigenvalue weighted by Gasteiger charge is 2.15. The minimum Gasteiger partial charge on any atom is -0.491 e. The van der Waals surface area contributed by atoms with E-state index >= 15 is 0 Å². The Bertz CT molecular complexity index is 574. The molecule has 1 aromatic heterocycles. The molecule has 1 aromatic carbocycles. The van der Waals surface area contributed by atoms with E-state index in [2.05, 4.69) is 20.9 Å². The highest BCUT2D eigenvalue weighted by atomic mass is 79.9. The van der Waals surface area contributed by atoms with Gasteiger partial charge >= 0.3 is 0 Å². The van der Waals surface area contributed by atoms with Gasteiger partial charge < -0.3 is 4.74 Å². The molecule has 18 heavy (non-hydrogen) atoms. The van der Waals surface area contributed by atoms with Crippen molar-refractivity contribution in [1.29, 1.82) is 0 Å². The zero-order chi connectivity index (χ0) is 13.0. The van der Waals surface area contributed by atoms with Gasteiger partial charge in [0.25, 0.3) is 5.69 Å². The Balaban J connectivity index is 2.44. The molecule has 2 aromatic rings. The third-order valence-corrected chi connectivity index (χ3v) is 3.00. The van der Waals surface area contributed by atoms with Gasteiger partial charge in [-0.25, -0.2) is 0 Å². The van der Waals surface area contributed by atoms with Crippen LogP contribution in [0.3, 0.4) is 0 Å². The molecule has 0 amide bonds. The number of aromatic nitrogens is 1. The Morgan fingerprint density at radius 2 is 2.22 bits per heavy atom. The molecule has 6 heteroatoms. The molecule has 0 spiro atoms. The second-order valence-corrected chi connectivity index (χ2v) is 4.42. The zero-order valence-electron chi connectivity index (χ0n) is 9.51. The highest BCUT2D eigenvalue weighted by Crippen LogP contribution is 2.31. The van der Waals surface area contributed by atoms with E-state index in [1.54, 1.807) is 24.4 Å². The summed E-state index contributed by atoms with van der Waals surface area (Å²) < 4.78 is 5.58. The van der Waals surface area contributed by atoms with Gasteiger partial charge in [0, 0.05) is 17.6 Å². The largest absolute Gasteiger partial charge is 0.491 e. The van der Waals surface area contributed by atoms with Crippen LogP contribution in [-0.2, 0) is 0 Å². The molecule has 0 unspecified atom stereocenters. The Morgan fingerprint density at radius 1 is 1.39 bits per heavy atom. The summed E-state index contributed by atoms with van der Waals surface area (Å²) in [4.78, 5) is 14.7. The summed E-state index contributed by atoms with van der Waals surface area (Å²) in [5, 5.41) is 12.3. The van der Waals surface area contributed by atoms with Gasteiger partial charge in [-0.05, 0) is 24.6 Å². The number of fused-ring (bicyclic) bond motifs is 1. The number of hydrogen-bond acceptors (Lipinski definition) is 4. The van der Waals surface area contributed by atoms with Crippen molar-refractivity contribution in [2.45, 2.75) is 6.42 Å². The Kier molecular flexibility index (Phi) is 4.09. The average molecular weight is 311 g/mol. The van der Waals surface area contributed by atoms with Crippen LogP contribution in [0.5, 0.6) is 5.75 Å². The Labute approximate surface area is 112 Å². The first-order chi connectivity index (χ1) is 8.74. The lowest BCUT2D eigenvalue weighted by Gasteiger charge is -2.07. The van der Waals surface area contributed by atoms with Crippen molar-refractivity contribution in [3.63, 3.8) is 0 Å². The molecule has 5 nitrogen and oxygen atoms in total. The standard InChI is InChI=1S/C12H11BrN2O3/c13-6-2-8-18-11-5-4-10(15(16)17)9-3-1-7-14-12(9)11/h1,3-5,7H,2,6,8H2. The van der Waals surface area contributed by atoms with Gasteiger partial charge in [0.1, 0.15) is 11.3 Å². The summed E-state index contributed by atoms with van der Waals surface area (Å²) in [6.45, 7) is 0.550. The van der Waals surface area contributed by atoms with Crippen LogP contribution >= 0.6 is 15.9 Å². The molecule has 0 fully saturated rings. The molecule has 0 N–H and O–H groups in total. The normalized spacial score (nSPS) is 10.5. The summed E-state index contributed by atoms with van der Waals surface area (Å²) in [7, 11) is 0. The molecule has 0 saturated heterocycles. The fourth-order valence-corrected chi connectivity index (χ4v) is 1.87. The molecule has 0 atom stereocenters. The molecule has 0 aliphatic carbocycles. The molecule has 94 valence electrons. The van der Waals surface area contributed by atoms with E-state index in [9.17, 15) is 10.1 Å². The van der Waals surface area contributed by atoms with Crippen molar-refractivity contribution >= 4 is 32.5 Å². The Morgan fingerprint density at radius 3 is 2.94 bits per heavy atom. The number of nitro benzene ring substituents is 1. The van der Waals surface area contributed by atoms with Crippen LogP contribution in [0.4, 0.5) is 5.69 Å². The molecule has 0 aliphatic rings. The van der Waals surface area contributed by atoms with Crippen LogP contribution in [0.2, 0.25) is 0 Å². The maximum atomic E-state index is 10.9. The molecule has 1 heterocycles. The second-order valence-electron chi connectivity index (χ2n) is 3.63. The maximum absolute atomic E-state index is 10.9. The van der Waals surface area contributed by atoms with Crippen molar-refractivity contribution in [3.05, 3.63) is 40.6 Å². The third-order valence-electron chi connectivity index (χ3n) is 2.44. The summed E-state index contributed by atoms with van der Waals surface area (Å²) >= 11 is 3.32. The first kappa shape index (κ1) is 12.8. The van der Waals surface area contributed by atoms with E-state index in [1.807, 2.05) is 0 Å². The smallest absolute Gasteiger partial charge is 0.279 e. The number of halogens is 1. The van der Waals surface area contributed by atoms with Crippen LogP contribution in [0.1, 0.15) is 6.42 Å². The van der Waals surface area contributed by atoms with Crippen molar-refractivity contribution in [3.8, 4) is 5.75 Å². The molecular formula is C12H11BrN2O3. The molecule has 2 rings (SSSR count). The number of ether oxygens (including phenoxy) is 1. The summed E-state index contributed by atoms with van der Waals surface area (Å²) in [6, 6.07) is 6.41. The van der Waals surface area contributed by atoms with E-state index in [0.29, 0.717) is 23.3 Å². The quantitative estimate of drug-likeness (QED) is 0.368. The SMILES string of the molecule is O=[N+]([O-])c1ccc(OCCCBr)c2ncccc12. The average Bonchev–Trinajstić information content (AvgIpc) is 2.38. The lowest BCUT2D eigenvalue weighted by Crippen LogP contribution is -2.00. The number of nitrogens with zero attached hydrogens (tertiary/aromatic N) is 2. The fraction of sp³-hybridized carbons (Fsp3) is 0.250. The van der Waals surface area contributed by atoms with Crippen LogP contribution in [0.25, 0.3) is 10.9 Å². The number of non-ortho nitro benzene ring substituents is 1. The predicted octanol–water partition coefficient (Wildman–Crippen LogP) is 3.31. The maximum Gasteiger partial charge on any atom is 0.279 e. The zero-order valence-corrected chi connectivity index (χ0v) is 11.1. The van der Waals surface area contributed by atoms with Crippen molar-refractivity contribution in [1.82, 2.24) is 4.98 Å². The summed E-state index contributed by atoms with van der Waals surface area (Å²) in [5.41, 5.74) is 0.576. The van der Waals surface area contributed by atoms with Crippen LogP contribution < -0.4 is 4.74 Å². The number of hydrogen-bond donors (Lipinski definition) is 0. The van der Waals surface area contributed by atoms with Crippen LogP contribution in [-0.4, -0.2) is 21.8 Å². The van der Waals surface area contributed by atoms with E-state index in [4.69, 9.17) is 4.74 Å². The van der Waals surface area contributed by atoms with Gasteiger partial charge in [0.15, 0.2) is 0 Å². The van der Waals surface area contributed by atoms with Gasteiger partial charge in [-0.15, -0.1) is 0 Å². The van der Waals surface area contributed by atoms with Gasteiger partial charge in [0.05, 0.1) is 16.9 Å². The van der Waals surface area contributed by atoms with Gasteiger partial charge in [0.2, 0.25) is 0 Å². The van der Waals surface area contributed by atoms with Gasteiger partial charge in [-0.3, -0.25) is 15.1 Å². The topological polar surface area (TPSA) is 65.3 Å². The summed E-state index contributed by atoms with van der Waals surface area (Å²) in [6.07, 6.45) is 2.47. The molecular weight excluding hydrogens is 300 g/mol. The lowest BCUT2D eigenvalue weighted by atomic mass is 10.1. The first-order valence-corrected chi connectivity index (χ1v) is 6.57. The van der Waals surface area contributed by atoms with E-state index in [1.165, 1.54) is 6.07 Å². The molecule has 0 bridgehead atoms. The predicted molar refractivity (Wildman–Crippen MR) is 72.3 cm³/mol. The highest BCUT2D eigenvalue weighted by molar-refractivity contribution is 9.09. The van der Waals surface area contributed by atoms with E-state index in [-0.39, 0.29) is 5.69 Å². The first-order valence-electron chi connectivity index (χ1n) is 5.45. The fourth-order valence-electron chi connectivity index (χ4n) is 1.64. The summed E-state index contributed by atoms with van der Waals surface area (Å²) in [5.74, 6) is 0.581.